The first-order valence-corrected chi connectivity index (χ1v) is 9.99. The van der Waals surface area contributed by atoms with E-state index in [1.807, 2.05) is 20.8 Å². The number of rotatable bonds is 7. The number of nitro groups is 1. The molecular weight excluding hydrogens is 392 g/mol. The molecule has 0 N–H and O–H groups in total. The second-order valence-electron chi connectivity index (χ2n) is 6.52. The second kappa shape index (κ2) is 8.48. The highest BCUT2D eigenvalue weighted by atomic mass is 32.2. The fourth-order valence-corrected chi connectivity index (χ4v) is 3.98. The molecule has 0 radical (unpaired) electrons. The lowest BCUT2D eigenvalue weighted by Gasteiger charge is -2.19. The first-order valence-electron chi connectivity index (χ1n) is 9.11. The van der Waals surface area contributed by atoms with E-state index in [9.17, 15) is 19.7 Å². The number of carbonyl (C=O) groups is 2. The molecule has 2 aromatic carbocycles. The van der Waals surface area contributed by atoms with Crippen LogP contribution in [0, 0.1) is 10.1 Å². The van der Waals surface area contributed by atoms with Gasteiger partial charge in [-0.2, -0.15) is 0 Å². The van der Waals surface area contributed by atoms with Gasteiger partial charge in [0.25, 0.3) is 17.5 Å². The summed E-state index contributed by atoms with van der Waals surface area (Å²) >= 11 is 1.30. The normalized spacial score (nSPS) is 14.1. The van der Waals surface area contributed by atoms with E-state index in [2.05, 4.69) is 0 Å². The highest BCUT2D eigenvalue weighted by Gasteiger charge is 2.41. The van der Waals surface area contributed by atoms with Crippen molar-refractivity contribution < 1.29 is 19.2 Å². The van der Waals surface area contributed by atoms with Crippen LogP contribution < -0.4 is 9.64 Å². The zero-order valence-electron chi connectivity index (χ0n) is 16.2. The molecule has 0 bridgehead atoms. The number of anilines is 1. The van der Waals surface area contributed by atoms with E-state index in [1.54, 1.807) is 24.3 Å². The van der Waals surface area contributed by atoms with Gasteiger partial charge in [0, 0.05) is 17.4 Å². The van der Waals surface area contributed by atoms with Crippen LogP contribution in [0.3, 0.4) is 0 Å². The molecule has 0 aromatic heterocycles. The van der Waals surface area contributed by atoms with Gasteiger partial charge in [-0.1, -0.05) is 26.0 Å². The number of hydrogen-bond donors (Lipinski definition) is 0. The predicted octanol–water partition coefficient (Wildman–Crippen LogP) is 4.42. The zero-order chi connectivity index (χ0) is 21.1. The van der Waals surface area contributed by atoms with Gasteiger partial charge in [-0.25, -0.2) is 4.90 Å². The van der Waals surface area contributed by atoms with Gasteiger partial charge in [-0.3, -0.25) is 19.7 Å². The first kappa shape index (κ1) is 20.6. The minimum atomic E-state index is -0.506. The molecule has 1 aliphatic heterocycles. The number of amides is 2. The lowest BCUT2D eigenvalue weighted by atomic mass is 10.1. The third-order valence-electron chi connectivity index (χ3n) is 4.17. The summed E-state index contributed by atoms with van der Waals surface area (Å²) in [7, 11) is 0. The Bertz CT molecular complexity index is 998. The van der Waals surface area contributed by atoms with Crippen LogP contribution in [0.25, 0.3) is 5.57 Å². The van der Waals surface area contributed by atoms with Crippen LogP contribution in [0.15, 0.2) is 53.4 Å². The smallest absolute Gasteiger partial charge is 0.272 e. The Hall–Kier alpha value is -3.13. The monoisotopic (exact) mass is 412 g/mol. The molecule has 0 saturated carbocycles. The SMILES string of the molecule is CCOc1ccccc1N1C(=O)C(SC(C)C)=C(c2ccc([N+](=O)[O-])cc2)C1=O. The minimum absolute atomic E-state index is 0.0666. The number of thioether (sulfide) groups is 1. The molecule has 0 atom stereocenters. The van der Waals surface area contributed by atoms with Crippen LogP contribution in [-0.4, -0.2) is 28.6 Å². The van der Waals surface area contributed by atoms with Crippen LogP contribution in [0.4, 0.5) is 11.4 Å². The molecule has 7 nitrogen and oxygen atoms in total. The van der Waals surface area contributed by atoms with Crippen molar-refractivity contribution in [3.05, 3.63) is 69.1 Å². The molecule has 0 spiro atoms. The highest BCUT2D eigenvalue weighted by molar-refractivity contribution is 8.04. The van der Waals surface area contributed by atoms with Crippen molar-refractivity contribution in [3.63, 3.8) is 0 Å². The Morgan fingerprint density at radius 2 is 1.72 bits per heavy atom. The molecule has 0 aliphatic carbocycles. The zero-order valence-corrected chi connectivity index (χ0v) is 17.1. The summed E-state index contributed by atoms with van der Waals surface area (Å²) in [4.78, 5) is 38.4. The molecule has 29 heavy (non-hydrogen) atoms. The van der Waals surface area contributed by atoms with Crippen molar-refractivity contribution in [1.29, 1.82) is 0 Å². The van der Waals surface area contributed by atoms with Crippen LogP contribution in [0.2, 0.25) is 0 Å². The van der Waals surface area contributed by atoms with Crippen LogP contribution in [0.1, 0.15) is 26.3 Å². The van der Waals surface area contributed by atoms with Crippen molar-refractivity contribution in [1.82, 2.24) is 0 Å². The average Bonchev–Trinajstić information content (AvgIpc) is 2.92. The topological polar surface area (TPSA) is 89.8 Å². The van der Waals surface area contributed by atoms with Gasteiger partial charge in [0.2, 0.25) is 0 Å². The summed E-state index contributed by atoms with van der Waals surface area (Å²) in [5.74, 6) is -0.455. The number of nitrogens with zero attached hydrogens (tertiary/aromatic N) is 2. The van der Waals surface area contributed by atoms with Crippen molar-refractivity contribution in [2.24, 2.45) is 0 Å². The third kappa shape index (κ3) is 4.02. The van der Waals surface area contributed by atoms with E-state index < -0.39 is 16.7 Å². The molecule has 1 aliphatic rings. The van der Waals surface area contributed by atoms with Gasteiger partial charge in [0.05, 0.1) is 27.7 Å². The van der Waals surface area contributed by atoms with Crippen molar-refractivity contribution in [2.45, 2.75) is 26.0 Å². The van der Waals surface area contributed by atoms with Gasteiger partial charge in [-0.15, -0.1) is 11.8 Å². The number of carbonyl (C=O) groups excluding carboxylic acids is 2. The molecule has 150 valence electrons. The second-order valence-corrected chi connectivity index (χ2v) is 8.11. The van der Waals surface area contributed by atoms with E-state index in [-0.39, 0.29) is 16.5 Å². The summed E-state index contributed by atoms with van der Waals surface area (Å²) < 4.78 is 5.60. The largest absolute Gasteiger partial charge is 0.492 e. The maximum Gasteiger partial charge on any atom is 0.272 e. The molecule has 8 heteroatoms. The van der Waals surface area contributed by atoms with Gasteiger partial charge >= 0.3 is 0 Å². The fraction of sp³-hybridized carbons (Fsp3) is 0.238. The lowest BCUT2D eigenvalue weighted by Crippen LogP contribution is -2.31. The molecule has 0 fully saturated rings. The highest BCUT2D eigenvalue weighted by Crippen LogP contribution is 2.42. The van der Waals surface area contributed by atoms with Gasteiger partial charge in [0.15, 0.2) is 0 Å². The number of para-hydroxylation sites is 2. The van der Waals surface area contributed by atoms with Crippen molar-refractivity contribution >= 4 is 40.5 Å². The lowest BCUT2D eigenvalue weighted by molar-refractivity contribution is -0.384. The molecule has 3 rings (SSSR count). The van der Waals surface area contributed by atoms with Crippen LogP contribution in [0.5, 0.6) is 5.75 Å². The predicted molar refractivity (Wildman–Crippen MR) is 113 cm³/mol. The summed E-state index contributed by atoms with van der Waals surface area (Å²) in [6, 6.07) is 12.5. The summed E-state index contributed by atoms with van der Waals surface area (Å²) in [6.45, 7) is 6.08. The summed E-state index contributed by atoms with van der Waals surface area (Å²) in [5.41, 5.74) is 1.01. The minimum Gasteiger partial charge on any atom is -0.492 e. The Kier molecular flexibility index (Phi) is 6.03. The van der Waals surface area contributed by atoms with Crippen LogP contribution in [-0.2, 0) is 9.59 Å². The fourth-order valence-electron chi connectivity index (χ4n) is 3.00. The summed E-state index contributed by atoms with van der Waals surface area (Å²) in [6.07, 6.45) is 0. The Balaban J connectivity index is 2.10. The molecule has 2 amide bonds. The molecule has 0 saturated heterocycles. The molecule has 2 aromatic rings. The third-order valence-corrected chi connectivity index (χ3v) is 5.25. The Morgan fingerprint density at radius 3 is 2.31 bits per heavy atom. The average molecular weight is 412 g/mol. The maximum atomic E-state index is 13.3. The van der Waals surface area contributed by atoms with E-state index in [1.165, 1.54) is 36.0 Å². The van der Waals surface area contributed by atoms with E-state index >= 15 is 0 Å². The standard InChI is InChI=1S/C21H20N2O5S/c1-4-28-17-8-6-5-7-16(17)22-20(24)18(19(21(22)25)29-13(2)3)14-9-11-15(12-10-14)23(26)27/h5-13H,4H2,1-3H3. The summed E-state index contributed by atoms with van der Waals surface area (Å²) in [5, 5.41) is 11.0. The quantitative estimate of drug-likeness (QED) is 0.380. The number of non-ortho nitro benzene ring substituents is 1. The van der Waals surface area contributed by atoms with Crippen LogP contribution >= 0.6 is 11.8 Å². The van der Waals surface area contributed by atoms with Gasteiger partial charge < -0.3 is 4.74 Å². The van der Waals surface area contributed by atoms with Gasteiger partial charge in [0.1, 0.15) is 5.75 Å². The molecular formula is C21H20N2O5S. The Labute approximate surface area is 172 Å². The first-order chi connectivity index (χ1) is 13.8. The van der Waals surface area contributed by atoms with E-state index in [0.29, 0.717) is 28.5 Å². The van der Waals surface area contributed by atoms with Crippen molar-refractivity contribution in [2.75, 3.05) is 11.5 Å². The number of hydrogen-bond acceptors (Lipinski definition) is 6. The Morgan fingerprint density at radius 1 is 1.07 bits per heavy atom. The van der Waals surface area contributed by atoms with E-state index in [0.717, 1.165) is 4.90 Å². The number of ether oxygens (including phenoxy) is 1. The van der Waals surface area contributed by atoms with Crippen molar-refractivity contribution in [3.8, 4) is 5.75 Å². The number of benzene rings is 2. The number of imide groups is 1. The maximum absolute atomic E-state index is 13.3. The van der Waals surface area contributed by atoms with E-state index in [4.69, 9.17) is 4.74 Å². The number of nitro benzene ring substituents is 1. The molecule has 0 unspecified atom stereocenters. The van der Waals surface area contributed by atoms with Gasteiger partial charge in [-0.05, 0) is 36.8 Å². The molecule has 1 heterocycles.